The van der Waals surface area contributed by atoms with Gasteiger partial charge in [0.15, 0.2) is 0 Å². The van der Waals surface area contributed by atoms with Gasteiger partial charge in [-0.25, -0.2) is 0 Å². The van der Waals surface area contributed by atoms with Crippen LogP contribution in [0.25, 0.3) is 0 Å². The average molecular weight is 180 g/mol. The van der Waals surface area contributed by atoms with E-state index in [0.29, 0.717) is 11.8 Å². The Morgan fingerprint density at radius 1 is 1.31 bits per heavy atom. The fourth-order valence-electron chi connectivity index (χ4n) is 2.16. The summed E-state index contributed by atoms with van der Waals surface area (Å²) in [4.78, 5) is 0. The highest BCUT2D eigenvalue weighted by atomic mass is 14.3. The van der Waals surface area contributed by atoms with E-state index in [-0.39, 0.29) is 0 Å². The molecule has 1 aliphatic carbocycles. The van der Waals surface area contributed by atoms with Gasteiger partial charge in [0, 0.05) is 0 Å². The third-order valence-electron chi connectivity index (χ3n) is 2.78. The number of hydrogen-bond donors (Lipinski definition) is 0. The molecule has 0 saturated heterocycles. The topological polar surface area (TPSA) is 0 Å². The Labute approximate surface area is 83.7 Å². The molecule has 1 fully saturated rings. The zero-order chi connectivity index (χ0) is 10.4. The van der Waals surface area contributed by atoms with Gasteiger partial charge in [-0.15, -0.1) is 6.58 Å². The zero-order valence-corrected chi connectivity index (χ0v) is 9.64. The summed E-state index contributed by atoms with van der Waals surface area (Å²) in [7, 11) is 0. The Balaban J connectivity index is 0.000000671. The summed E-state index contributed by atoms with van der Waals surface area (Å²) in [6.07, 6.45) is 4.72. The average Bonchev–Trinajstić information content (AvgIpc) is 2.50. The molecule has 1 rings (SSSR count). The molecule has 3 atom stereocenters. The van der Waals surface area contributed by atoms with Gasteiger partial charge in [-0.05, 0) is 37.5 Å². The molecule has 13 heavy (non-hydrogen) atoms. The summed E-state index contributed by atoms with van der Waals surface area (Å²) in [6, 6.07) is 0. The highest BCUT2D eigenvalue weighted by molar-refractivity contribution is 5.07. The van der Waals surface area contributed by atoms with Crippen molar-refractivity contribution in [2.24, 2.45) is 17.8 Å². The first kappa shape index (κ1) is 12.5. The lowest BCUT2D eigenvalue weighted by Crippen LogP contribution is -2.04. The summed E-state index contributed by atoms with van der Waals surface area (Å²) in [6.45, 7) is 16.3. The van der Waals surface area contributed by atoms with Crippen molar-refractivity contribution in [3.63, 3.8) is 0 Å². The lowest BCUT2D eigenvalue weighted by Gasteiger charge is -2.14. The molecular formula is C13H24. The fraction of sp³-hybridized carbons (Fsp3) is 0.692. The predicted molar refractivity (Wildman–Crippen MR) is 61.7 cm³/mol. The quantitative estimate of drug-likeness (QED) is 0.551. The van der Waals surface area contributed by atoms with Gasteiger partial charge in [0.1, 0.15) is 0 Å². The molecule has 1 aliphatic rings. The second-order valence-electron chi connectivity index (χ2n) is 3.93. The van der Waals surface area contributed by atoms with Gasteiger partial charge in [0.25, 0.3) is 0 Å². The number of rotatable bonds is 2. The summed E-state index contributed by atoms with van der Waals surface area (Å²) >= 11 is 0. The van der Waals surface area contributed by atoms with Crippen LogP contribution in [0.5, 0.6) is 0 Å². The molecule has 0 aromatic carbocycles. The van der Waals surface area contributed by atoms with Crippen LogP contribution in [0.1, 0.15) is 40.5 Å². The predicted octanol–water partition coefficient (Wildman–Crippen LogP) is 4.44. The van der Waals surface area contributed by atoms with Crippen LogP contribution in [-0.2, 0) is 0 Å². The van der Waals surface area contributed by atoms with E-state index in [4.69, 9.17) is 0 Å². The molecule has 0 spiro atoms. The molecule has 0 aliphatic heterocycles. The van der Waals surface area contributed by atoms with Gasteiger partial charge < -0.3 is 0 Å². The van der Waals surface area contributed by atoms with Gasteiger partial charge in [0.05, 0.1) is 0 Å². The Morgan fingerprint density at radius 3 is 2.15 bits per heavy atom. The standard InChI is InChI=1S/C11H18.C2H6/c1-5-10-6-9(4)7-11(10)8(2)3;1-2/h5,9-11H,1-2,6-7H2,3-4H3;1-2H3. The third-order valence-corrected chi connectivity index (χ3v) is 2.78. The van der Waals surface area contributed by atoms with E-state index in [1.807, 2.05) is 13.8 Å². The van der Waals surface area contributed by atoms with Gasteiger partial charge in [-0.1, -0.05) is 39.0 Å². The van der Waals surface area contributed by atoms with Gasteiger partial charge in [0.2, 0.25) is 0 Å². The van der Waals surface area contributed by atoms with Gasteiger partial charge in [-0.3, -0.25) is 0 Å². The van der Waals surface area contributed by atoms with Crippen molar-refractivity contribution < 1.29 is 0 Å². The minimum absolute atomic E-state index is 0.697. The van der Waals surface area contributed by atoms with Crippen LogP contribution in [0.2, 0.25) is 0 Å². The van der Waals surface area contributed by atoms with Crippen molar-refractivity contribution in [2.45, 2.75) is 40.5 Å². The van der Waals surface area contributed by atoms with Crippen LogP contribution >= 0.6 is 0 Å². The maximum atomic E-state index is 4.02. The molecule has 0 heteroatoms. The first-order valence-electron chi connectivity index (χ1n) is 5.43. The Morgan fingerprint density at radius 2 is 1.85 bits per heavy atom. The largest absolute Gasteiger partial charge is 0.103 e. The second-order valence-corrected chi connectivity index (χ2v) is 3.93. The molecule has 0 amide bonds. The summed E-state index contributed by atoms with van der Waals surface area (Å²) in [5.74, 6) is 2.27. The van der Waals surface area contributed by atoms with E-state index in [2.05, 4.69) is 33.1 Å². The van der Waals surface area contributed by atoms with Crippen LogP contribution < -0.4 is 0 Å². The molecule has 0 N–H and O–H groups in total. The summed E-state index contributed by atoms with van der Waals surface area (Å²) in [5.41, 5.74) is 1.33. The molecule has 0 heterocycles. The van der Waals surface area contributed by atoms with Crippen molar-refractivity contribution in [3.05, 3.63) is 24.8 Å². The van der Waals surface area contributed by atoms with Gasteiger partial charge >= 0.3 is 0 Å². The summed E-state index contributed by atoms with van der Waals surface area (Å²) < 4.78 is 0. The fourth-order valence-corrected chi connectivity index (χ4v) is 2.16. The van der Waals surface area contributed by atoms with E-state index in [1.165, 1.54) is 18.4 Å². The number of allylic oxidation sites excluding steroid dienone is 2. The van der Waals surface area contributed by atoms with E-state index in [0.717, 1.165) is 5.92 Å². The van der Waals surface area contributed by atoms with Crippen molar-refractivity contribution in [1.82, 2.24) is 0 Å². The summed E-state index contributed by atoms with van der Waals surface area (Å²) in [5, 5.41) is 0. The molecule has 0 bridgehead atoms. The Kier molecular flexibility index (Phi) is 5.77. The van der Waals surface area contributed by atoms with Crippen molar-refractivity contribution >= 4 is 0 Å². The molecule has 0 nitrogen and oxygen atoms in total. The Hall–Kier alpha value is -0.520. The van der Waals surface area contributed by atoms with E-state index in [1.54, 1.807) is 0 Å². The SMILES string of the molecule is C=CC1CC(C)CC1C(=C)C.CC. The third kappa shape index (κ3) is 3.38. The van der Waals surface area contributed by atoms with Crippen molar-refractivity contribution in [1.29, 1.82) is 0 Å². The first-order valence-corrected chi connectivity index (χ1v) is 5.43. The second kappa shape index (κ2) is 6.01. The lowest BCUT2D eigenvalue weighted by molar-refractivity contribution is 0.531. The molecular weight excluding hydrogens is 156 g/mol. The molecule has 3 unspecified atom stereocenters. The minimum atomic E-state index is 0.697. The van der Waals surface area contributed by atoms with Gasteiger partial charge in [-0.2, -0.15) is 0 Å². The van der Waals surface area contributed by atoms with Crippen LogP contribution in [-0.4, -0.2) is 0 Å². The van der Waals surface area contributed by atoms with Crippen LogP contribution in [0.15, 0.2) is 24.8 Å². The van der Waals surface area contributed by atoms with Crippen molar-refractivity contribution in [3.8, 4) is 0 Å². The molecule has 0 aromatic rings. The smallest absolute Gasteiger partial charge is 0.0143 e. The molecule has 0 radical (unpaired) electrons. The highest BCUT2D eigenvalue weighted by Gasteiger charge is 2.29. The van der Waals surface area contributed by atoms with Crippen LogP contribution in [0.4, 0.5) is 0 Å². The molecule has 76 valence electrons. The molecule has 0 aromatic heterocycles. The Bertz CT molecular complexity index is 167. The minimum Gasteiger partial charge on any atom is -0.103 e. The number of hydrogen-bond acceptors (Lipinski definition) is 0. The van der Waals surface area contributed by atoms with Crippen molar-refractivity contribution in [2.75, 3.05) is 0 Å². The maximum Gasteiger partial charge on any atom is -0.0143 e. The normalized spacial score (nSPS) is 31.8. The zero-order valence-electron chi connectivity index (χ0n) is 9.64. The first-order chi connectivity index (χ1) is 6.15. The van der Waals surface area contributed by atoms with E-state index >= 15 is 0 Å². The van der Waals surface area contributed by atoms with Crippen LogP contribution in [0.3, 0.4) is 0 Å². The lowest BCUT2D eigenvalue weighted by atomic mass is 9.91. The maximum absolute atomic E-state index is 4.02. The highest BCUT2D eigenvalue weighted by Crippen LogP contribution is 2.40. The van der Waals surface area contributed by atoms with E-state index < -0.39 is 0 Å². The van der Waals surface area contributed by atoms with Crippen LogP contribution in [0, 0.1) is 17.8 Å². The van der Waals surface area contributed by atoms with E-state index in [9.17, 15) is 0 Å². The monoisotopic (exact) mass is 180 g/mol. The molecule has 1 saturated carbocycles.